The summed E-state index contributed by atoms with van der Waals surface area (Å²) in [6.07, 6.45) is 10.2. The third kappa shape index (κ3) is 9.15. The van der Waals surface area contributed by atoms with E-state index in [2.05, 4.69) is 39.1 Å². The number of nitrogens with one attached hydrogen (secondary N) is 2. The number of allylic oxidation sites excluding steroid dienone is 4. The van der Waals surface area contributed by atoms with Crippen LogP contribution in [0.25, 0.3) is 10.9 Å². The smallest absolute Gasteiger partial charge is 0.123 e. The van der Waals surface area contributed by atoms with Crippen molar-refractivity contribution in [3.63, 3.8) is 0 Å². The number of carbonyl (C=O) groups excluding carboxylic acids is 1. The fourth-order valence-electron chi connectivity index (χ4n) is 5.06. The Hall–Kier alpha value is -2.74. The number of ether oxygens (including phenoxy) is 1. The predicted molar refractivity (Wildman–Crippen MR) is 167 cm³/mol. The maximum Gasteiger partial charge on any atom is 0.123 e. The van der Waals surface area contributed by atoms with Gasteiger partial charge in [0.05, 0.1) is 18.9 Å². The van der Waals surface area contributed by atoms with Crippen LogP contribution >= 0.6 is 23.4 Å². The van der Waals surface area contributed by atoms with Gasteiger partial charge in [0.2, 0.25) is 0 Å². The van der Waals surface area contributed by atoms with E-state index in [0.29, 0.717) is 6.54 Å². The number of hydrogen-bond acceptors (Lipinski definition) is 5. The zero-order chi connectivity index (χ0) is 28.2. The quantitative estimate of drug-likeness (QED) is 0.178. The Morgan fingerprint density at radius 3 is 2.60 bits per heavy atom. The van der Waals surface area contributed by atoms with Crippen LogP contribution in [0.3, 0.4) is 0 Å². The van der Waals surface area contributed by atoms with E-state index in [-0.39, 0.29) is 5.82 Å². The maximum absolute atomic E-state index is 13.3. The van der Waals surface area contributed by atoms with E-state index in [4.69, 9.17) is 21.1 Å². The molecule has 214 valence electrons. The van der Waals surface area contributed by atoms with Crippen LogP contribution in [0.5, 0.6) is 0 Å². The van der Waals surface area contributed by atoms with Crippen LogP contribution in [0.4, 0.5) is 10.1 Å². The van der Waals surface area contributed by atoms with E-state index in [1.807, 2.05) is 18.2 Å². The Bertz CT molecular complexity index is 1300. The second-order valence-electron chi connectivity index (χ2n) is 9.98. The molecule has 0 saturated carbocycles. The molecule has 40 heavy (non-hydrogen) atoms. The van der Waals surface area contributed by atoms with Gasteiger partial charge in [-0.05, 0) is 86.7 Å². The first-order valence-corrected chi connectivity index (χ1v) is 15.6. The number of thioether (sulfide) groups is 1. The summed E-state index contributed by atoms with van der Waals surface area (Å²) in [6, 6.07) is 12.5. The lowest BCUT2D eigenvalue weighted by Gasteiger charge is -2.26. The molecule has 0 bridgehead atoms. The van der Waals surface area contributed by atoms with Crippen LogP contribution in [-0.4, -0.2) is 53.9 Å². The molecule has 1 aliphatic heterocycles. The van der Waals surface area contributed by atoms with Crippen molar-refractivity contribution in [1.82, 2.24) is 9.88 Å². The standard InChI is InChI=1S/C30H35ClFN3OS.C2H4O/c31-23-5-13-29-28(20-23)27(30(34-29)21-33-25-8-6-24(32)7-9-25)12-4-22-2-10-26(11-3-22)36-17-1-14-35-15-18-37-19-16-35;1-2-3/h2,5-10,13,20,33-34H,1,3-4,11-12,14-19,21H2;2H,1H3. The monoisotopic (exact) mass is 583 g/mol. The van der Waals surface area contributed by atoms with E-state index in [1.54, 1.807) is 12.1 Å². The fraction of sp³-hybridized carbons (Fsp3) is 0.406. The van der Waals surface area contributed by atoms with Crippen LogP contribution in [0, 0.1) is 5.82 Å². The van der Waals surface area contributed by atoms with Gasteiger partial charge >= 0.3 is 0 Å². The number of aldehydes is 1. The third-order valence-corrected chi connectivity index (χ3v) is 8.35. The highest BCUT2D eigenvalue weighted by Crippen LogP contribution is 2.30. The summed E-state index contributed by atoms with van der Waals surface area (Å²) < 4.78 is 19.4. The Morgan fingerprint density at radius 1 is 1.10 bits per heavy atom. The van der Waals surface area contributed by atoms with Crippen molar-refractivity contribution < 1.29 is 13.9 Å². The molecule has 0 radical (unpaired) electrons. The molecule has 2 N–H and O–H groups in total. The summed E-state index contributed by atoms with van der Waals surface area (Å²) in [6.45, 7) is 6.46. The second kappa shape index (κ2) is 15.9. The maximum atomic E-state index is 13.3. The highest BCUT2D eigenvalue weighted by molar-refractivity contribution is 7.99. The molecule has 1 aromatic heterocycles. The average Bonchev–Trinajstić information content (AvgIpc) is 3.32. The van der Waals surface area contributed by atoms with Gasteiger partial charge in [-0.15, -0.1) is 0 Å². The molecule has 1 saturated heterocycles. The molecular weight excluding hydrogens is 545 g/mol. The van der Waals surface area contributed by atoms with Gasteiger partial charge in [0, 0.05) is 64.9 Å². The summed E-state index contributed by atoms with van der Waals surface area (Å²) in [5.41, 5.74) is 5.87. The van der Waals surface area contributed by atoms with Crippen molar-refractivity contribution in [2.24, 2.45) is 0 Å². The number of hydrogen-bond donors (Lipinski definition) is 2. The van der Waals surface area contributed by atoms with E-state index >= 15 is 0 Å². The summed E-state index contributed by atoms with van der Waals surface area (Å²) in [4.78, 5) is 14.9. The second-order valence-corrected chi connectivity index (χ2v) is 11.6. The van der Waals surface area contributed by atoms with Crippen LogP contribution in [0.2, 0.25) is 5.02 Å². The van der Waals surface area contributed by atoms with E-state index in [1.165, 1.54) is 60.2 Å². The van der Waals surface area contributed by atoms with E-state index in [9.17, 15) is 4.39 Å². The number of H-pyrrole nitrogens is 1. The normalized spacial score (nSPS) is 15.6. The van der Waals surface area contributed by atoms with Gasteiger partial charge < -0.3 is 24.7 Å². The summed E-state index contributed by atoms with van der Waals surface area (Å²) >= 11 is 8.40. The Morgan fingerprint density at radius 2 is 1.88 bits per heavy atom. The van der Waals surface area contributed by atoms with Gasteiger partial charge in [0.1, 0.15) is 12.1 Å². The molecule has 0 atom stereocenters. The molecule has 3 aromatic rings. The summed E-state index contributed by atoms with van der Waals surface area (Å²) in [5, 5.41) is 5.33. The van der Waals surface area contributed by atoms with Crippen LogP contribution in [0.15, 0.2) is 65.9 Å². The minimum Gasteiger partial charge on any atom is -0.498 e. The van der Waals surface area contributed by atoms with Gasteiger partial charge in [0.25, 0.3) is 0 Å². The molecule has 5 nitrogen and oxygen atoms in total. The average molecular weight is 584 g/mol. The number of anilines is 1. The topological polar surface area (TPSA) is 57.4 Å². The number of aromatic nitrogens is 1. The number of aromatic amines is 1. The number of rotatable bonds is 11. The number of aryl methyl sites for hydroxylation is 1. The van der Waals surface area contributed by atoms with E-state index in [0.717, 1.165) is 79.2 Å². The van der Waals surface area contributed by atoms with E-state index < -0.39 is 0 Å². The first-order chi connectivity index (χ1) is 19.6. The molecule has 2 aliphatic rings. The third-order valence-electron chi connectivity index (χ3n) is 7.17. The minimum absolute atomic E-state index is 0.230. The molecular formula is C32H39ClFN3O2S. The zero-order valence-electron chi connectivity index (χ0n) is 23.2. The van der Waals surface area contributed by atoms with Gasteiger partial charge in [0.15, 0.2) is 0 Å². The number of carbonyl (C=O) groups is 1. The van der Waals surface area contributed by atoms with Gasteiger partial charge in [-0.3, -0.25) is 0 Å². The Balaban J connectivity index is 0.00000118. The fourth-order valence-corrected chi connectivity index (χ4v) is 6.21. The SMILES string of the molecule is CC=O.Fc1ccc(NCc2[nH]c3ccc(Cl)cc3c2CCC2=CC=C(OCCCN3CCSCC3)CC2)cc1. The van der Waals surface area contributed by atoms with Gasteiger partial charge in [-0.25, -0.2) is 4.39 Å². The minimum atomic E-state index is -0.230. The summed E-state index contributed by atoms with van der Waals surface area (Å²) in [5.74, 6) is 3.40. The van der Waals surface area contributed by atoms with Crippen molar-refractivity contribution in [3.05, 3.63) is 88.0 Å². The molecule has 2 aromatic carbocycles. The highest BCUT2D eigenvalue weighted by Gasteiger charge is 2.15. The van der Waals surface area contributed by atoms with Crippen LogP contribution in [-0.2, 0) is 22.5 Å². The number of benzene rings is 2. The van der Waals surface area contributed by atoms with Crippen LogP contribution < -0.4 is 5.32 Å². The van der Waals surface area contributed by atoms with Crippen LogP contribution in [0.1, 0.15) is 43.9 Å². The number of fused-ring (bicyclic) bond motifs is 1. The molecule has 5 rings (SSSR count). The van der Waals surface area contributed by atoms with Crippen molar-refractivity contribution in [3.8, 4) is 0 Å². The number of halogens is 2. The number of nitrogens with zero attached hydrogens (tertiary/aromatic N) is 1. The largest absolute Gasteiger partial charge is 0.498 e. The van der Waals surface area contributed by atoms with Gasteiger partial charge in [-0.1, -0.05) is 23.3 Å². The molecule has 8 heteroatoms. The van der Waals surface area contributed by atoms with Gasteiger partial charge in [-0.2, -0.15) is 11.8 Å². The van der Waals surface area contributed by atoms with Crippen molar-refractivity contribution in [2.45, 2.75) is 45.6 Å². The van der Waals surface area contributed by atoms with Crippen molar-refractivity contribution in [1.29, 1.82) is 0 Å². The summed E-state index contributed by atoms with van der Waals surface area (Å²) in [7, 11) is 0. The lowest BCUT2D eigenvalue weighted by molar-refractivity contribution is -0.106. The molecule has 0 spiro atoms. The van der Waals surface area contributed by atoms with Crippen molar-refractivity contribution in [2.75, 3.05) is 43.1 Å². The molecule has 0 amide bonds. The Kier molecular flexibility index (Phi) is 12.0. The molecule has 0 unspecified atom stereocenters. The lowest BCUT2D eigenvalue weighted by Crippen LogP contribution is -2.33. The molecule has 1 fully saturated rings. The Labute approximate surface area is 246 Å². The van der Waals surface area contributed by atoms with Crippen molar-refractivity contribution >= 4 is 46.2 Å². The zero-order valence-corrected chi connectivity index (χ0v) is 24.8. The highest BCUT2D eigenvalue weighted by atomic mass is 35.5. The first-order valence-electron chi connectivity index (χ1n) is 14.1. The molecule has 2 heterocycles. The molecule has 1 aliphatic carbocycles. The lowest BCUT2D eigenvalue weighted by atomic mass is 9.95. The predicted octanol–water partition coefficient (Wildman–Crippen LogP) is 7.77. The first kappa shape index (κ1) is 30.2.